The highest BCUT2D eigenvalue weighted by molar-refractivity contribution is 7.98. The molecule has 0 unspecified atom stereocenters. The molecule has 3 aromatic rings. The molecule has 6 heteroatoms. The molecule has 0 aliphatic heterocycles. The van der Waals surface area contributed by atoms with E-state index in [2.05, 4.69) is 55.2 Å². The number of allylic oxidation sites excluding steroid dienone is 1. The van der Waals surface area contributed by atoms with E-state index >= 15 is 0 Å². The minimum absolute atomic E-state index is 0.585. The molecule has 0 bridgehead atoms. The molecule has 1 fully saturated rings. The molecule has 0 saturated heterocycles. The summed E-state index contributed by atoms with van der Waals surface area (Å²) in [5.74, 6) is 3.52. The molecule has 1 saturated carbocycles. The van der Waals surface area contributed by atoms with Gasteiger partial charge in [-0.3, -0.25) is 0 Å². The van der Waals surface area contributed by atoms with Gasteiger partial charge in [-0.15, -0.1) is 16.8 Å². The molecule has 2 heterocycles. The van der Waals surface area contributed by atoms with Gasteiger partial charge >= 0.3 is 0 Å². The Kier molecular flexibility index (Phi) is 4.70. The zero-order chi connectivity index (χ0) is 17.1. The number of hydrogen-bond acceptors (Lipinski definition) is 4. The number of hydrogen-bond donors (Lipinski definition) is 0. The molecule has 1 aliphatic rings. The zero-order valence-electron chi connectivity index (χ0n) is 14.1. The Hall–Kier alpha value is -2.34. The maximum Gasteiger partial charge on any atom is 0.191 e. The van der Waals surface area contributed by atoms with Gasteiger partial charge in [0.1, 0.15) is 11.6 Å². The van der Waals surface area contributed by atoms with Gasteiger partial charge in [-0.2, -0.15) is 0 Å². The van der Waals surface area contributed by atoms with Crippen molar-refractivity contribution in [2.24, 2.45) is 0 Å². The summed E-state index contributed by atoms with van der Waals surface area (Å²) in [4.78, 5) is 4.52. The quantitative estimate of drug-likeness (QED) is 0.456. The summed E-state index contributed by atoms with van der Waals surface area (Å²) < 4.78 is 4.39. The normalized spacial score (nSPS) is 13.9. The highest BCUT2D eigenvalue weighted by Crippen LogP contribution is 2.40. The highest BCUT2D eigenvalue weighted by atomic mass is 32.2. The predicted molar refractivity (Wildman–Crippen MR) is 99.5 cm³/mol. The van der Waals surface area contributed by atoms with Gasteiger partial charge in [0.15, 0.2) is 5.16 Å². The first-order chi connectivity index (χ1) is 12.3. The third kappa shape index (κ3) is 3.69. The van der Waals surface area contributed by atoms with Crippen molar-refractivity contribution in [1.29, 1.82) is 0 Å². The van der Waals surface area contributed by atoms with Crippen LogP contribution in [0.2, 0.25) is 0 Å². The summed E-state index contributed by atoms with van der Waals surface area (Å²) in [6, 6.07) is 10.5. The third-order valence-electron chi connectivity index (χ3n) is 4.33. The van der Waals surface area contributed by atoms with Crippen LogP contribution in [0.1, 0.15) is 36.0 Å². The van der Waals surface area contributed by atoms with E-state index in [9.17, 15) is 0 Å². The Labute approximate surface area is 151 Å². The van der Waals surface area contributed by atoms with Crippen LogP contribution in [0.4, 0.5) is 0 Å². The molecular weight excluding hydrogens is 330 g/mol. The number of aromatic nitrogens is 5. The van der Waals surface area contributed by atoms with Gasteiger partial charge in [0, 0.05) is 31.4 Å². The first-order valence-corrected chi connectivity index (χ1v) is 9.54. The molecule has 0 radical (unpaired) electrons. The summed E-state index contributed by atoms with van der Waals surface area (Å²) in [6.45, 7) is 5.47. The first kappa shape index (κ1) is 16.1. The molecule has 0 N–H and O–H groups in total. The van der Waals surface area contributed by atoms with Crippen molar-refractivity contribution in [1.82, 2.24) is 24.3 Å². The summed E-state index contributed by atoms with van der Waals surface area (Å²) in [6.07, 6.45) is 8.26. The molecule has 0 amide bonds. The van der Waals surface area contributed by atoms with E-state index in [1.807, 2.05) is 24.5 Å². The van der Waals surface area contributed by atoms with Crippen molar-refractivity contribution in [2.75, 3.05) is 0 Å². The first-order valence-electron chi connectivity index (χ1n) is 8.56. The Morgan fingerprint density at radius 1 is 1.20 bits per heavy atom. The molecule has 0 spiro atoms. The van der Waals surface area contributed by atoms with E-state index < -0.39 is 0 Å². The van der Waals surface area contributed by atoms with E-state index in [1.54, 1.807) is 11.8 Å². The second kappa shape index (κ2) is 7.27. The summed E-state index contributed by atoms with van der Waals surface area (Å²) in [5.41, 5.74) is 1.28. The van der Waals surface area contributed by atoms with Gasteiger partial charge in [-0.05, 0) is 18.4 Å². The molecule has 5 nitrogen and oxygen atoms in total. The van der Waals surface area contributed by atoms with Crippen LogP contribution in [0.25, 0.3) is 0 Å². The van der Waals surface area contributed by atoms with Crippen LogP contribution >= 0.6 is 11.8 Å². The number of imidazole rings is 1. The summed E-state index contributed by atoms with van der Waals surface area (Å²) in [7, 11) is 0. The maximum absolute atomic E-state index is 4.52. The van der Waals surface area contributed by atoms with Crippen molar-refractivity contribution in [3.63, 3.8) is 0 Å². The largest absolute Gasteiger partial charge is 0.330 e. The van der Waals surface area contributed by atoms with Gasteiger partial charge in [-0.25, -0.2) is 4.98 Å². The molecule has 2 aromatic heterocycles. The average molecular weight is 351 g/mol. The SMILES string of the molecule is C=CCn1c(SCc2nccn2Cc2ccccc2)nnc1C1CC1. The molecule has 1 aromatic carbocycles. The lowest BCUT2D eigenvalue weighted by atomic mass is 10.2. The number of benzene rings is 1. The molecular formula is C19H21N5S. The fraction of sp³-hybridized carbons (Fsp3) is 0.316. The Morgan fingerprint density at radius 2 is 2.04 bits per heavy atom. The fourth-order valence-electron chi connectivity index (χ4n) is 2.88. The standard InChI is InChI=1S/C19H21N5S/c1-2-11-24-18(16-8-9-16)21-22-19(24)25-14-17-20-10-12-23(17)13-15-6-4-3-5-7-15/h2-7,10,12,16H,1,8-9,11,13-14H2. The van der Waals surface area contributed by atoms with Crippen LogP contribution in [-0.4, -0.2) is 24.3 Å². The van der Waals surface area contributed by atoms with Gasteiger partial charge < -0.3 is 9.13 Å². The Bertz CT molecular complexity index is 848. The molecule has 128 valence electrons. The molecule has 25 heavy (non-hydrogen) atoms. The number of thioether (sulfide) groups is 1. The monoisotopic (exact) mass is 351 g/mol. The van der Waals surface area contributed by atoms with Crippen LogP contribution in [0.5, 0.6) is 0 Å². The van der Waals surface area contributed by atoms with Crippen LogP contribution in [0.15, 0.2) is 60.5 Å². The van der Waals surface area contributed by atoms with E-state index in [4.69, 9.17) is 0 Å². The smallest absolute Gasteiger partial charge is 0.191 e. The molecule has 4 rings (SSSR count). The maximum atomic E-state index is 4.52. The highest BCUT2D eigenvalue weighted by Gasteiger charge is 2.30. The lowest BCUT2D eigenvalue weighted by Crippen LogP contribution is -2.05. The van der Waals surface area contributed by atoms with Gasteiger partial charge in [0.2, 0.25) is 0 Å². The van der Waals surface area contributed by atoms with Crippen molar-refractivity contribution >= 4 is 11.8 Å². The minimum atomic E-state index is 0.585. The predicted octanol–water partition coefficient (Wildman–Crippen LogP) is 3.88. The van der Waals surface area contributed by atoms with E-state index in [0.29, 0.717) is 5.92 Å². The van der Waals surface area contributed by atoms with Crippen LogP contribution in [-0.2, 0) is 18.8 Å². The van der Waals surface area contributed by atoms with E-state index in [1.165, 1.54) is 18.4 Å². The van der Waals surface area contributed by atoms with Gasteiger partial charge in [0.25, 0.3) is 0 Å². The van der Waals surface area contributed by atoms with E-state index in [-0.39, 0.29) is 0 Å². The van der Waals surface area contributed by atoms with Crippen molar-refractivity contribution < 1.29 is 0 Å². The molecule has 1 aliphatic carbocycles. The van der Waals surface area contributed by atoms with Crippen molar-refractivity contribution in [3.8, 4) is 0 Å². The minimum Gasteiger partial charge on any atom is -0.330 e. The lowest BCUT2D eigenvalue weighted by Gasteiger charge is -2.09. The summed E-state index contributed by atoms with van der Waals surface area (Å²) in [5, 5.41) is 9.76. The number of nitrogens with zero attached hydrogens (tertiary/aromatic N) is 5. The van der Waals surface area contributed by atoms with Crippen molar-refractivity contribution in [3.05, 3.63) is 72.6 Å². The van der Waals surface area contributed by atoms with Crippen LogP contribution in [0, 0.1) is 0 Å². The second-order valence-corrected chi connectivity index (χ2v) is 7.20. The zero-order valence-corrected chi connectivity index (χ0v) is 14.9. The number of rotatable bonds is 8. The fourth-order valence-corrected chi connectivity index (χ4v) is 3.81. The third-order valence-corrected chi connectivity index (χ3v) is 5.29. The van der Waals surface area contributed by atoms with Gasteiger partial charge in [0.05, 0.1) is 5.75 Å². The van der Waals surface area contributed by atoms with Crippen LogP contribution in [0.3, 0.4) is 0 Å². The lowest BCUT2D eigenvalue weighted by molar-refractivity contribution is 0.680. The van der Waals surface area contributed by atoms with E-state index in [0.717, 1.165) is 35.6 Å². The van der Waals surface area contributed by atoms with Crippen LogP contribution < -0.4 is 0 Å². The topological polar surface area (TPSA) is 48.5 Å². The average Bonchev–Trinajstić information content (AvgIpc) is 3.26. The Balaban J connectivity index is 1.47. The van der Waals surface area contributed by atoms with Gasteiger partial charge in [-0.1, -0.05) is 48.2 Å². The summed E-state index contributed by atoms with van der Waals surface area (Å²) >= 11 is 1.69. The Morgan fingerprint density at radius 3 is 2.80 bits per heavy atom. The van der Waals surface area contributed by atoms with Crippen molar-refractivity contribution in [2.45, 2.75) is 42.8 Å². The molecule has 0 atom stereocenters. The second-order valence-electron chi connectivity index (χ2n) is 6.26.